The normalized spacial score (nSPS) is 15.1. The second kappa shape index (κ2) is 24.2. The lowest BCUT2D eigenvalue weighted by Gasteiger charge is -2.34. The van der Waals surface area contributed by atoms with Gasteiger partial charge in [-0.3, -0.25) is 4.79 Å². The van der Waals surface area contributed by atoms with Crippen molar-refractivity contribution in [2.45, 2.75) is 116 Å². The van der Waals surface area contributed by atoms with Gasteiger partial charge in [0.25, 0.3) is 0 Å². The average molecular weight is 670 g/mol. The summed E-state index contributed by atoms with van der Waals surface area (Å²) < 4.78 is 37.3. The molecule has 0 N–H and O–H groups in total. The Morgan fingerprint density at radius 2 is 1.04 bits per heavy atom. The van der Waals surface area contributed by atoms with Gasteiger partial charge in [-0.25, -0.2) is 0 Å². The number of hydrogen-bond donors (Lipinski definition) is 0. The maximum absolute atomic E-state index is 13.9. The summed E-state index contributed by atoms with van der Waals surface area (Å²) in [6.07, 6.45) is 15.8. The third kappa shape index (κ3) is 15.1. The summed E-state index contributed by atoms with van der Waals surface area (Å²) in [5.74, 6) is 2.56. The van der Waals surface area contributed by atoms with Crippen molar-refractivity contribution in [3.8, 4) is 23.0 Å². The van der Waals surface area contributed by atoms with Gasteiger partial charge in [-0.2, -0.15) is 0 Å². The molecule has 2 aromatic rings. The highest BCUT2D eigenvalue weighted by atomic mass is 16.6. The van der Waals surface area contributed by atoms with Gasteiger partial charge >= 0.3 is 0 Å². The number of carbonyl (C=O) groups is 1. The van der Waals surface area contributed by atoms with E-state index >= 15 is 0 Å². The number of fused-ring (bicyclic) bond motifs is 2. The van der Waals surface area contributed by atoms with Gasteiger partial charge in [0, 0.05) is 13.1 Å². The van der Waals surface area contributed by atoms with Crippen LogP contribution in [0.4, 0.5) is 0 Å². The molecule has 1 heterocycles. The highest BCUT2D eigenvalue weighted by Gasteiger charge is 2.35. The molecule has 0 spiro atoms. The van der Waals surface area contributed by atoms with Crippen molar-refractivity contribution in [3.05, 3.63) is 48.5 Å². The number of nitrogens with zero attached hydrogens (tertiary/aromatic N) is 1. The van der Waals surface area contributed by atoms with Gasteiger partial charge in [-0.1, -0.05) is 116 Å². The van der Waals surface area contributed by atoms with Crippen LogP contribution in [-0.2, 0) is 14.3 Å². The lowest BCUT2D eigenvalue weighted by atomic mass is 9.99. The second-order valence-electron chi connectivity index (χ2n) is 12.9. The number of hydrogen-bond acceptors (Lipinski definition) is 7. The third-order valence-electron chi connectivity index (χ3n) is 8.77. The van der Waals surface area contributed by atoms with Crippen molar-refractivity contribution in [1.29, 1.82) is 0 Å². The lowest BCUT2D eigenvalue weighted by molar-refractivity contribution is -0.151. The summed E-state index contributed by atoms with van der Waals surface area (Å²) in [4.78, 5) is 15.9. The fourth-order valence-corrected chi connectivity index (χ4v) is 5.95. The molecular formula is C40H63NO7. The number of unbranched alkanes of at least 4 members (excludes halogenated alkanes) is 10. The van der Waals surface area contributed by atoms with Crippen LogP contribution in [0.15, 0.2) is 48.5 Å². The highest BCUT2D eigenvalue weighted by Crippen LogP contribution is 2.32. The minimum Gasteiger partial charge on any atom is -0.487 e. The number of amides is 1. The number of para-hydroxylation sites is 4. The van der Waals surface area contributed by atoms with E-state index in [1.807, 2.05) is 53.4 Å². The second-order valence-corrected chi connectivity index (χ2v) is 12.9. The van der Waals surface area contributed by atoms with E-state index in [4.69, 9.17) is 28.4 Å². The monoisotopic (exact) mass is 669 g/mol. The lowest BCUT2D eigenvalue weighted by Crippen LogP contribution is -2.48. The van der Waals surface area contributed by atoms with Crippen LogP contribution in [0.25, 0.3) is 0 Å². The van der Waals surface area contributed by atoms with Crippen LogP contribution < -0.4 is 18.9 Å². The van der Waals surface area contributed by atoms with Gasteiger partial charge in [-0.05, 0) is 43.5 Å². The molecule has 0 radical (unpaired) electrons. The Hall–Kier alpha value is -2.97. The number of rotatable bonds is 19. The summed E-state index contributed by atoms with van der Waals surface area (Å²) in [6.45, 7) is 10.1. The van der Waals surface area contributed by atoms with E-state index in [1.165, 1.54) is 51.4 Å². The van der Waals surface area contributed by atoms with Gasteiger partial charge in [0.05, 0.1) is 13.2 Å². The molecular weight excluding hydrogens is 606 g/mol. The van der Waals surface area contributed by atoms with Gasteiger partial charge in [0.15, 0.2) is 23.0 Å². The fraction of sp³-hybridized carbons (Fsp3) is 0.675. The predicted molar refractivity (Wildman–Crippen MR) is 193 cm³/mol. The van der Waals surface area contributed by atoms with Crippen LogP contribution >= 0.6 is 0 Å². The first-order valence-electron chi connectivity index (χ1n) is 18.8. The van der Waals surface area contributed by atoms with Gasteiger partial charge in [0.2, 0.25) is 5.91 Å². The van der Waals surface area contributed by atoms with Gasteiger partial charge < -0.3 is 33.3 Å². The molecule has 3 rings (SSSR count). The zero-order chi connectivity index (χ0) is 34.1. The van der Waals surface area contributed by atoms with E-state index in [1.54, 1.807) is 0 Å². The molecule has 1 aliphatic rings. The molecule has 1 amide bonds. The van der Waals surface area contributed by atoms with Crippen LogP contribution in [0.5, 0.6) is 23.0 Å². The van der Waals surface area contributed by atoms with Gasteiger partial charge in [0.1, 0.15) is 38.6 Å². The Kier molecular flexibility index (Phi) is 19.9. The van der Waals surface area contributed by atoms with E-state index in [0.29, 0.717) is 55.8 Å². The molecule has 48 heavy (non-hydrogen) atoms. The Morgan fingerprint density at radius 3 is 1.50 bits per heavy atom. The maximum atomic E-state index is 13.9. The van der Waals surface area contributed by atoms with E-state index in [2.05, 4.69) is 20.8 Å². The topological polar surface area (TPSA) is 75.7 Å². The Balaban J connectivity index is 1.77. The molecule has 0 aromatic heterocycles. The first kappa shape index (κ1) is 39.5. The van der Waals surface area contributed by atoms with Crippen molar-refractivity contribution >= 4 is 5.91 Å². The van der Waals surface area contributed by atoms with Crippen molar-refractivity contribution in [1.82, 2.24) is 4.90 Å². The number of carbonyl (C=O) groups excluding carboxylic acids is 1. The molecule has 0 fully saturated rings. The minimum absolute atomic E-state index is 0.0218. The average Bonchev–Trinajstić information content (AvgIpc) is 3.10. The third-order valence-corrected chi connectivity index (χ3v) is 8.77. The fourth-order valence-electron chi connectivity index (χ4n) is 5.95. The Bertz CT molecular complexity index is 1050. The minimum atomic E-state index is -0.878. The molecule has 2 aromatic carbocycles. The molecule has 0 aliphatic carbocycles. The van der Waals surface area contributed by atoms with Crippen LogP contribution in [-0.4, -0.2) is 75.7 Å². The van der Waals surface area contributed by atoms with Crippen molar-refractivity contribution in [3.63, 3.8) is 0 Å². The molecule has 270 valence electrons. The SMILES string of the molecule is CCCCCCCCN(CCCCCCCC)C(=O)COC1(CCC)COc2ccccc2OCCOCCOc2ccccc2OC1. The summed E-state index contributed by atoms with van der Waals surface area (Å²) in [5, 5.41) is 0. The van der Waals surface area contributed by atoms with E-state index in [-0.39, 0.29) is 25.7 Å². The van der Waals surface area contributed by atoms with E-state index < -0.39 is 5.60 Å². The number of benzene rings is 2. The highest BCUT2D eigenvalue weighted by molar-refractivity contribution is 5.77. The van der Waals surface area contributed by atoms with E-state index in [0.717, 1.165) is 45.2 Å². The summed E-state index contributed by atoms with van der Waals surface area (Å²) in [5.41, 5.74) is -0.878. The Morgan fingerprint density at radius 1 is 0.604 bits per heavy atom. The molecule has 8 heteroatoms. The molecule has 0 saturated carbocycles. The van der Waals surface area contributed by atoms with E-state index in [9.17, 15) is 4.79 Å². The standard InChI is InChI=1S/C40H63NO7/c1-4-7-9-11-13-19-26-41(27-20-14-12-10-8-5-2)39(42)32-48-40(25-6-3)33-46-37-23-17-15-21-35(37)44-30-28-43-29-31-45-36-22-16-18-24-38(36)47-34-40/h15-18,21-24H,4-14,19-20,25-34H2,1-3H3. The van der Waals surface area contributed by atoms with Crippen LogP contribution in [0.2, 0.25) is 0 Å². The van der Waals surface area contributed by atoms with Crippen molar-refractivity contribution in [2.24, 2.45) is 0 Å². The van der Waals surface area contributed by atoms with Gasteiger partial charge in [-0.15, -0.1) is 0 Å². The Labute approximate surface area is 290 Å². The summed E-state index contributed by atoms with van der Waals surface area (Å²) in [6, 6.07) is 15.3. The summed E-state index contributed by atoms with van der Waals surface area (Å²) >= 11 is 0. The van der Waals surface area contributed by atoms with Crippen molar-refractivity contribution < 1.29 is 33.2 Å². The zero-order valence-corrected chi connectivity index (χ0v) is 30.2. The first-order chi connectivity index (χ1) is 23.6. The molecule has 0 atom stereocenters. The molecule has 0 saturated heterocycles. The quantitative estimate of drug-likeness (QED) is 0.138. The molecule has 1 aliphatic heterocycles. The largest absolute Gasteiger partial charge is 0.487 e. The van der Waals surface area contributed by atoms with Crippen LogP contribution in [0, 0.1) is 0 Å². The predicted octanol–water partition coefficient (Wildman–Crippen LogP) is 9.04. The van der Waals surface area contributed by atoms with Crippen LogP contribution in [0.3, 0.4) is 0 Å². The maximum Gasteiger partial charge on any atom is 0.248 e. The molecule has 0 bridgehead atoms. The smallest absolute Gasteiger partial charge is 0.248 e. The molecule has 0 unspecified atom stereocenters. The van der Waals surface area contributed by atoms with Crippen LogP contribution in [0.1, 0.15) is 111 Å². The number of ether oxygens (including phenoxy) is 6. The summed E-state index contributed by atoms with van der Waals surface area (Å²) in [7, 11) is 0. The zero-order valence-electron chi connectivity index (χ0n) is 30.2. The first-order valence-corrected chi connectivity index (χ1v) is 18.8. The van der Waals surface area contributed by atoms with Crippen molar-refractivity contribution in [2.75, 3.05) is 59.3 Å². The molecule has 8 nitrogen and oxygen atoms in total.